The maximum atomic E-state index is 13.3. The van der Waals surface area contributed by atoms with Crippen LogP contribution in [0, 0.1) is 11.7 Å². The average Bonchev–Trinajstić information content (AvgIpc) is 3.40. The summed E-state index contributed by atoms with van der Waals surface area (Å²) in [6.45, 7) is 3.19. The largest absolute Gasteiger partial charge is 0.388 e. The van der Waals surface area contributed by atoms with Crippen LogP contribution in [0.4, 0.5) is 4.39 Å². The molecule has 2 fully saturated rings. The lowest BCUT2D eigenvalue weighted by Gasteiger charge is -2.49. The highest BCUT2D eigenvalue weighted by molar-refractivity contribution is 7.10. The molecule has 1 aliphatic carbocycles. The molecule has 156 valence electrons. The van der Waals surface area contributed by atoms with Gasteiger partial charge in [-0.15, -0.1) is 11.3 Å². The molecule has 2 N–H and O–H groups in total. The molecule has 4 nitrogen and oxygen atoms in total. The third-order valence-electron chi connectivity index (χ3n) is 6.44. The van der Waals surface area contributed by atoms with Gasteiger partial charge in [0.2, 0.25) is 5.91 Å². The van der Waals surface area contributed by atoms with E-state index in [1.54, 1.807) is 23.5 Å². The molecular formula is C23H29FN2O2S. The second-order valence-corrected chi connectivity index (χ2v) is 9.61. The third kappa shape index (κ3) is 4.55. The maximum absolute atomic E-state index is 13.3. The first-order valence-electron chi connectivity index (χ1n) is 10.5. The van der Waals surface area contributed by atoms with E-state index in [9.17, 15) is 14.3 Å². The molecular weight excluding hydrogens is 387 g/mol. The van der Waals surface area contributed by atoms with E-state index in [0.717, 1.165) is 36.1 Å². The van der Waals surface area contributed by atoms with Gasteiger partial charge in [-0.2, -0.15) is 0 Å². The van der Waals surface area contributed by atoms with E-state index in [1.807, 2.05) is 18.4 Å². The summed E-state index contributed by atoms with van der Waals surface area (Å²) in [5, 5.41) is 16.5. The Morgan fingerprint density at radius 2 is 2.00 bits per heavy atom. The van der Waals surface area contributed by atoms with E-state index in [0.29, 0.717) is 19.5 Å². The zero-order valence-electron chi connectivity index (χ0n) is 16.8. The highest BCUT2D eigenvalue weighted by Crippen LogP contribution is 2.40. The predicted octanol–water partition coefficient (Wildman–Crippen LogP) is 4.26. The highest BCUT2D eigenvalue weighted by atomic mass is 32.1. The van der Waals surface area contributed by atoms with Gasteiger partial charge in [-0.25, -0.2) is 4.39 Å². The summed E-state index contributed by atoms with van der Waals surface area (Å²) in [5.41, 5.74) is 0.0396. The van der Waals surface area contributed by atoms with Gasteiger partial charge >= 0.3 is 0 Å². The number of halogens is 1. The summed E-state index contributed by atoms with van der Waals surface area (Å²) < 4.78 is 13.3. The Hall–Kier alpha value is -1.76. The minimum atomic E-state index is -0.984. The van der Waals surface area contributed by atoms with E-state index in [1.165, 1.54) is 12.1 Å². The first-order chi connectivity index (χ1) is 13.9. The summed E-state index contributed by atoms with van der Waals surface area (Å²) in [7, 11) is 0. The van der Waals surface area contributed by atoms with E-state index in [4.69, 9.17) is 0 Å². The van der Waals surface area contributed by atoms with Crippen LogP contribution in [-0.4, -0.2) is 34.1 Å². The van der Waals surface area contributed by atoms with Crippen LogP contribution in [0.1, 0.15) is 55.5 Å². The van der Waals surface area contributed by atoms with Crippen molar-refractivity contribution in [3.05, 3.63) is 58.0 Å². The second-order valence-electron chi connectivity index (χ2n) is 8.63. The molecule has 0 spiro atoms. The molecule has 6 heteroatoms. The molecule has 2 heterocycles. The number of benzene rings is 1. The minimum Gasteiger partial charge on any atom is -0.388 e. The molecule has 0 radical (unpaired) electrons. The van der Waals surface area contributed by atoms with Gasteiger partial charge in [0.1, 0.15) is 5.82 Å². The molecule has 1 amide bonds. The van der Waals surface area contributed by atoms with Gasteiger partial charge in [-0.05, 0) is 55.3 Å². The van der Waals surface area contributed by atoms with Crippen molar-refractivity contribution < 1.29 is 14.3 Å². The molecule has 4 rings (SSSR count). The van der Waals surface area contributed by atoms with Crippen molar-refractivity contribution in [1.82, 2.24) is 10.2 Å². The smallest absolute Gasteiger partial charge is 0.223 e. The van der Waals surface area contributed by atoms with Crippen molar-refractivity contribution in [3.8, 4) is 0 Å². The number of hydrogen-bond acceptors (Lipinski definition) is 4. The Morgan fingerprint density at radius 3 is 2.66 bits per heavy atom. The molecule has 1 aromatic carbocycles. The van der Waals surface area contributed by atoms with E-state index < -0.39 is 5.60 Å². The molecule has 2 aromatic rings. The van der Waals surface area contributed by atoms with Gasteiger partial charge in [0.15, 0.2) is 0 Å². The first kappa shape index (κ1) is 20.5. The number of nitrogens with zero attached hydrogens (tertiary/aromatic N) is 1. The zero-order valence-corrected chi connectivity index (χ0v) is 17.6. The normalized spacial score (nSPS) is 28.5. The first-order valence-corrected chi connectivity index (χ1v) is 11.4. The summed E-state index contributed by atoms with van der Waals surface area (Å²) in [5.74, 6) is -0.118. The van der Waals surface area contributed by atoms with Crippen LogP contribution >= 0.6 is 11.3 Å². The number of amides is 1. The molecule has 1 aromatic heterocycles. The lowest BCUT2D eigenvalue weighted by atomic mass is 9.81. The molecule has 29 heavy (non-hydrogen) atoms. The topological polar surface area (TPSA) is 52.6 Å². The number of rotatable bonds is 5. The van der Waals surface area contributed by atoms with Gasteiger partial charge in [0.05, 0.1) is 17.7 Å². The van der Waals surface area contributed by atoms with Crippen molar-refractivity contribution in [2.45, 2.75) is 63.3 Å². The summed E-state index contributed by atoms with van der Waals surface area (Å²) >= 11 is 1.65. The lowest BCUT2D eigenvalue weighted by molar-refractivity contribution is -0.132. The number of aliphatic hydroxyl groups is 1. The Bertz CT molecular complexity index is 816. The standard InChI is InChI=1S/C23H29FN2O2S/c1-23(28)12-13-26(15-16-8-10-18(24)11-9-16)20(19-7-4-14-29-19)21(23)25-22(27)17-5-2-3-6-17/h4,7-11,14,17,20-21,28H,2-3,5-6,12-13,15H2,1H3,(H,25,27). The fourth-order valence-corrected chi connectivity index (χ4v) is 5.61. The second kappa shape index (κ2) is 8.54. The van der Waals surface area contributed by atoms with Crippen LogP contribution in [-0.2, 0) is 11.3 Å². The summed E-state index contributed by atoms with van der Waals surface area (Å²) in [4.78, 5) is 16.4. The Balaban J connectivity index is 1.61. The Kier molecular flexibility index (Phi) is 6.04. The molecule has 1 saturated carbocycles. The zero-order chi connectivity index (χ0) is 20.4. The number of carbonyl (C=O) groups is 1. The fourth-order valence-electron chi connectivity index (χ4n) is 4.71. The van der Waals surface area contributed by atoms with E-state index in [-0.39, 0.29) is 29.7 Å². The summed E-state index contributed by atoms with van der Waals surface area (Å²) in [6.07, 6.45) is 4.65. The molecule has 1 aliphatic heterocycles. The number of likely N-dealkylation sites (tertiary alicyclic amines) is 1. The highest BCUT2D eigenvalue weighted by Gasteiger charge is 2.47. The van der Waals surface area contributed by atoms with Crippen LogP contribution in [0.3, 0.4) is 0 Å². The fraction of sp³-hybridized carbons (Fsp3) is 0.522. The van der Waals surface area contributed by atoms with E-state index >= 15 is 0 Å². The maximum Gasteiger partial charge on any atom is 0.223 e. The van der Waals surface area contributed by atoms with Crippen LogP contribution in [0.15, 0.2) is 41.8 Å². The molecule has 3 atom stereocenters. The van der Waals surface area contributed by atoms with Gasteiger partial charge < -0.3 is 10.4 Å². The number of hydrogen-bond donors (Lipinski definition) is 2. The van der Waals surface area contributed by atoms with Gasteiger partial charge in [-0.3, -0.25) is 9.69 Å². The van der Waals surface area contributed by atoms with Crippen molar-refractivity contribution >= 4 is 17.2 Å². The third-order valence-corrected chi connectivity index (χ3v) is 7.38. The van der Waals surface area contributed by atoms with Gasteiger partial charge in [-0.1, -0.05) is 31.0 Å². The van der Waals surface area contributed by atoms with Crippen LogP contribution in [0.25, 0.3) is 0 Å². The Labute approximate surface area is 175 Å². The van der Waals surface area contributed by atoms with Crippen molar-refractivity contribution in [2.24, 2.45) is 5.92 Å². The molecule has 1 saturated heterocycles. The van der Waals surface area contributed by atoms with Crippen LogP contribution in [0.5, 0.6) is 0 Å². The lowest BCUT2D eigenvalue weighted by Crippen LogP contribution is -2.62. The monoisotopic (exact) mass is 416 g/mol. The molecule has 2 aliphatic rings. The average molecular weight is 417 g/mol. The number of nitrogens with one attached hydrogen (secondary N) is 1. The van der Waals surface area contributed by atoms with Crippen molar-refractivity contribution in [2.75, 3.05) is 6.54 Å². The number of thiophene rings is 1. The van der Waals surface area contributed by atoms with Crippen LogP contribution in [0.2, 0.25) is 0 Å². The SMILES string of the molecule is CC1(O)CCN(Cc2ccc(F)cc2)C(c2cccs2)C1NC(=O)C1CCCC1. The quantitative estimate of drug-likeness (QED) is 0.766. The van der Waals surface area contributed by atoms with Crippen molar-refractivity contribution in [1.29, 1.82) is 0 Å². The van der Waals surface area contributed by atoms with E-state index in [2.05, 4.69) is 16.3 Å². The Morgan fingerprint density at radius 1 is 1.28 bits per heavy atom. The minimum absolute atomic E-state index is 0.0576. The molecule has 3 unspecified atom stereocenters. The molecule has 0 bridgehead atoms. The number of carbonyl (C=O) groups excluding carboxylic acids is 1. The predicted molar refractivity (Wildman–Crippen MR) is 113 cm³/mol. The number of piperidine rings is 1. The summed E-state index contributed by atoms with van der Waals surface area (Å²) in [6, 6.07) is 10.2. The van der Waals surface area contributed by atoms with Crippen LogP contribution < -0.4 is 5.32 Å². The van der Waals surface area contributed by atoms with Gasteiger partial charge in [0.25, 0.3) is 0 Å². The van der Waals surface area contributed by atoms with Gasteiger partial charge in [0, 0.05) is 23.9 Å². The van der Waals surface area contributed by atoms with Crippen molar-refractivity contribution in [3.63, 3.8) is 0 Å².